The van der Waals surface area contributed by atoms with Crippen LogP contribution in [0.2, 0.25) is 0 Å². The van der Waals surface area contributed by atoms with Gasteiger partial charge in [0.2, 0.25) is 0 Å². The van der Waals surface area contributed by atoms with Crippen molar-refractivity contribution in [3.8, 4) is 34.5 Å². The molecule has 0 fully saturated rings. The van der Waals surface area contributed by atoms with Crippen molar-refractivity contribution in [2.24, 2.45) is 0 Å². The summed E-state index contributed by atoms with van der Waals surface area (Å²) in [7, 11) is -9.63. The van der Waals surface area contributed by atoms with Gasteiger partial charge in [0.05, 0.1) is 0 Å². The minimum atomic E-state index is -5.84. The molecule has 6 nitrogen and oxygen atoms in total. The highest BCUT2D eigenvalue weighted by molar-refractivity contribution is 8.49. The Morgan fingerprint density at radius 2 is 0.517 bits per heavy atom. The Balaban J connectivity index is 0.000000620. The molecule has 0 amide bonds. The van der Waals surface area contributed by atoms with Gasteiger partial charge in [-0.15, -0.1) is 0 Å². The molecule has 60 heavy (non-hydrogen) atoms. The first kappa shape index (κ1) is 41.4. The molecule has 0 aliphatic carbocycles. The van der Waals surface area contributed by atoms with Crippen molar-refractivity contribution in [3.05, 3.63) is 224 Å². The summed E-state index contributed by atoms with van der Waals surface area (Å²) >= 11 is 0. The number of ether oxygens (including phenoxy) is 3. The van der Waals surface area contributed by atoms with Crippen LogP contribution in [0.3, 0.4) is 0 Å². The van der Waals surface area contributed by atoms with Crippen LogP contribution in [-0.2, 0) is 10.1 Å². The fourth-order valence-electron chi connectivity index (χ4n) is 7.25. The fourth-order valence-corrected chi connectivity index (χ4v) is 14.0. The van der Waals surface area contributed by atoms with Crippen LogP contribution in [-0.4, -0.2) is 18.5 Å². The Morgan fingerprint density at radius 3 is 0.733 bits per heavy atom. The van der Waals surface area contributed by atoms with Crippen LogP contribution in [0.25, 0.3) is 0 Å². The third kappa shape index (κ3) is 8.37. The van der Waals surface area contributed by atoms with Gasteiger partial charge in [0.15, 0.2) is 0 Å². The van der Waals surface area contributed by atoms with Gasteiger partial charge in [-0.2, -0.15) is 30.8 Å². The predicted molar refractivity (Wildman–Crippen MR) is 230 cm³/mol. The minimum absolute atomic E-state index is 0.769. The summed E-state index contributed by atoms with van der Waals surface area (Å²) in [5.74, 6) is 4.69. The van der Waals surface area contributed by atoms with Crippen LogP contribution >= 0.6 is 9.16 Å². The van der Waals surface area contributed by atoms with Crippen molar-refractivity contribution in [2.45, 2.75) is 30.0 Å². The topological polar surface area (TPSA) is 82.1 Å². The lowest BCUT2D eigenvalue weighted by Crippen LogP contribution is -2.22. The number of hydrogen-bond acceptors (Lipinski definition) is 5. The zero-order valence-corrected chi connectivity index (χ0v) is 33.6. The number of rotatable bonds is 11. The quantitative estimate of drug-likeness (QED) is 0.0767. The monoisotopic (exact) mass is 844 g/mol. The van der Waals surface area contributed by atoms with Crippen molar-refractivity contribution < 1.29 is 40.4 Å². The van der Waals surface area contributed by atoms with Crippen molar-refractivity contribution in [1.29, 1.82) is 0 Å². The van der Waals surface area contributed by atoms with E-state index in [0.29, 0.717) is 0 Å². The second-order valence-electron chi connectivity index (χ2n) is 13.4. The molecule has 0 unspecified atom stereocenters. The molecule has 304 valence electrons. The van der Waals surface area contributed by atoms with E-state index in [1.165, 1.54) is 24.5 Å². The highest BCUT2D eigenvalue weighted by Gasteiger charge is 2.50. The standard InChI is InChI=1S/C48H38O3S.CHF3O3S/c1-6-16-38(17-7-1)49-41-26-32-46(33-27-41)52(44-22-12-4-13-23-44,45-24-14-5-15-25-45,47-34-28-42(29-35-47)50-39-18-8-2-9-19-39)48-36-30-43(31-37-48)51-40-20-10-3-11-21-40;2-1(3,4)8(5,6)7/h1-37,52H;(H,5,6,7). The minimum Gasteiger partial charge on any atom is -0.457 e. The van der Waals surface area contributed by atoms with Crippen molar-refractivity contribution in [3.63, 3.8) is 0 Å². The first-order chi connectivity index (χ1) is 29.0. The van der Waals surface area contributed by atoms with Gasteiger partial charge < -0.3 is 14.2 Å². The Morgan fingerprint density at radius 1 is 0.333 bits per heavy atom. The SMILES string of the molecule is O=S(=O)(O)C(F)(F)F.c1ccc(Oc2ccc([SH](c3ccccc3)(c3ccccc3)(c3ccc(Oc4ccccc4)cc3)c3ccc(Oc4ccccc4)cc3)cc2)cc1. The van der Waals surface area contributed by atoms with Gasteiger partial charge >= 0.3 is 15.6 Å². The molecule has 0 aliphatic rings. The zero-order valence-electron chi connectivity index (χ0n) is 31.8. The summed E-state index contributed by atoms with van der Waals surface area (Å²) in [6.45, 7) is 0. The Labute approximate surface area is 347 Å². The molecule has 8 aromatic rings. The van der Waals surface area contributed by atoms with Crippen molar-refractivity contribution in [2.75, 3.05) is 0 Å². The number of benzene rings is 8. The Bertz CT molecular complexity index is 2450. The summed E-state index contributed by atoms with van der Waals surface area (Å²) in [5.41, 5.74) is -5.53. The summed E-state index contributed by atoms with van der Waals surface area (Å²) in [6.07, 6.45) is 0. The van der Waals surface area contributed by atoms with Crippen LogP contribution < -0.4 is 14.2 Å². The van der Waals surface area contributed by atoms with E-state index >= 15 is 0 Å². The number of para-hydroxylation sites is 3. The van der Waals surface area contributed by atoms with E-state index in [9.17, 15) is 13.2 Å². The highest BCUT2D eigenvalue weighted by atomic mass is 32.3. The van der Waals surface area contributed by atoms with E-state index in [1.807, 2.05) is 91.0 Å². The molecule has 0 atom stereocenters. The maximum atomic E-state index is 10.7. The Hall–Kier alpha value is -6.79. The maximum absolute atomic E-state index is 10.7. The lowest BCUT2D eigenvalue weighted by atomic mass is 10.3. The molecular weight excluding hydrogens is 806 g/mol. The van der Waals surface area contributed by atoms with Crippen LogP contribution in [0, 0.1) is 0 Å². The van der Waals surface area contributed by atoms with E-state index in [4.69, 9.17) is 27.2 Å². The van der Waals surface area contributed by atoms with Gasteiger partial charge in [-0.1, -0.05) is 115 Å². The maximum Gasteiger partial charge on any atom is 0.522 e. The van der Waals surface area contributed by atoms with Gasteiger partial charge in [-0.3, -0.25) is 4.55 Å². The number of thiol groups is 1. The van der Waals surface area contributed by atoms with E-state index in [1.54, 1.807) is 0 Å². The van der Waals surface area contributed by atoms with E-state index in [-0.39, 0.29) is 0 Å². The van der Waals surface area contributed by atoms with Gasteiger partial charge in [0.25, 0.3) is 0 Å². The second kappa shape index (κ2) is 17.6. The third-order valence-electron chi connectivity index (χ3n) is 9.83. The normalized spacial score (nSPS) is 12.2. The van der Waals surface area contributed by atoms with Gasteiger partial charge in [0.1, 0.15) is 34.5 Å². The molecule has 11 heteroatoms. The number of hydrogen-bond donors (Lipinski definition) is 2. The van der Waals surface area contributed by atoms with Crippen LogP contribution in [0.5, 0.6) is 34.5 Å². The van der Waals surface area contributed by atoms with E-state index in [2.05, 4.69) is 133 Å². The molecule has 0 radical (unpaired) electrons. The molecule has 0 bridgehead atoms. The van der Waals surface area contributed by atoms with Crippen LogP contribution in [0.4, 0.5) is 13.2 Å². The number of alkyl halides is 3. The lowest BCUT2D eigenvalue weighted by molar-refractivity contribution is -0.0510. The van der Waals surface area contributed by atoms with E-state index < -0.39 is 24.8 Å². The molecule has 8 aromatic carbocycles. The molecule has 0 heterocycles. The largest absolute Gasteiger partial charge is 0.522 e. The van der Waals surface area contributed by atoms with Crippen molar-refractivity contribution >= 4 is 19.3 Å². The average Bonchev–Trinajstić information content (AvgIpc) is 3.27. The molecule has 0 aromatic heterocycles. The molecular formula is C49H39F3O6S2. The molecule has 0 saturated carbocycles. The first-order valence-electron chi connectivity index (χ1n) is 18.6. The summed E-state index contributed by atoms with van der Waals surface area (Å²) in [4.78, 5) is 5.96. The summed E-state index contributed by atoms with van der Waals surface area (Å²) in [6, 6.07) is 77.6. The molecule has 8 rings (SSSR count). The third-order valence-corrected chi connectivity index (χ3v) is 17.1. The molecule has 1 N–H and O–H groups in total. The zero-order chi connectivity index (χ0) is 42.1. The number of halogens is 3. The van der Waals surface area contributed by atoms with Crippen LogP contribution in [0.1, 0.15) is 0 Å². The van der Waals surface area contributed by atoms with Gasteiger partial charge in [0, 0.05) is 0 Å². The Kier molecular flexibility index (Phi) is 12.1. The highest BCUT2D eigenvalue weighted by Crippen LogP contribution is 2.94. The first-order valence-corrected chi connectivity index (χ1v) is 22.3. The molecule has 0 saturated heterocycles. The summed E-state index contributed by atoms with van der Waals surface area (Å²) in [5, 5.41) is 0. The average molecular weight is 845 g/mol. The molecule has 0 aliphatic heterocycles. The lowest BCUT2D eigenvalue weighted by Gasteiger charge is -2.63. The van der Waals surface area contributed by atoms with Crippen LogP contribution in [0.15, 0.2) is 249 Å². The van der Waals surface area contributed by atoms with E-state index in [0.717, 1.165) is 34.5 Å². The van der Waals surface area contributed by atoms with Crippen molar-refractivity contribution in [1.82, 2.24) is 0 Å². The summed E-state index contributed by atoms with van der Waals surface area (Å²) < 4.78 is 76.5. The fraction of sp³-hybridized carbons (Fsp3) is 0.0204. The smallest absolute Gasteiger partial charge is 0.457 e. The second-order valence-corrected chi connectivity index (χ2v) is 19.7. The molecule has 0 spiro atoms. The van der Waals surface area contributed by atoms with Gasteiger partial charge in [-0.25, -0.2) is 0 Å². The van der Waals surface area contributed by atoms with Gasteiger partial charge in [-0.05, 0) is 134 Å². The predicted octanol–water partition coefficient (Wildman–Crippen LogP) is 14.1.